The van der Waals surface area contributed by atoms with Crippen LogP contribution in [0.3, 0.4) is 0 Å². The Morgan fingerprint density at radius 2 is 1.65 bits per heavy atom. The molecule has 0 unspecified atom stereocenters. The van der Waals surface area contributed by atoms with Gasteiger partial charge in [0.2, 0.25) is 29.5 Å². The van der Waals surface area contributed by atoms with E-state index < -0.39 is 47.8 Å². The van der Waals surface area contributed by atoms with Crippen molar-refractivity contribution in [3.8, 4) is 5.75 Å². The van der Waals surface area contributed by atoms with Crippen LogP contribution in [0.2, 0.25) is 0 Å². The molecule has 0 aliphatic carbocycles. The molecule has 2 aromatic carbocycles. The van der Waals surface area contributed by atoms with Crippen molar-refractivity contribution in [2.24, 2.45) is 5.92 Å². The third-order valence-corrected chi connectivity index (χ3v) is 8.99. The normalized spacial score (nSPS) is 24.2. The highest BCUT2D eigenvalue weighted by atomic mass is 16.5. The van der Waals surface area contributed by atoms with Crippen LogP contribution >= 0.6 is 0 Å². The summed E-state index contributed by atoms with van der Waals surface area (Å²) in [6, 6.07) is 10.6. The SMILES string of the molecule is CC(C)[C@@H]1NC(=O)COc2ccc(cc2)C[C@@H](C(=O)NCc2ccc(N3CCCC3=O)cc2)NC(=O)[C@H](C)NC(=O)[C@H]2CCCN2C1=O. The molecule has 2 saturated heterocycles. The van der Waals surface area contributed by atoms with Gasteiger partial charge in [0.1, 0.15) is 29.9 Å². The molecule has 2 bridgehead atoms. The second-order valence-corrected chi connectivity index (χ2v) is 12.9. The predicted octanol–water partition coefficient (Wildman–Crippen LogP) is 1.19. The van der Waals surface area contributed by atoms with Gasteiger partial charge in [-0.1, -0.05) is 38.1 Å². The quantitative estimate of drug-likeness (QED) is 0.374. The number of nitrogens with one attached hydrogen (secondary N) is 4. The average Bonchev–Trinajstić information content (AvgIpc) is 3.74. The third kappa shape index (κ3) is 8.31. The molecule has 48 heavy (non-hydrogen) atoms. The Kier molecular flexibility index (Phi) is 11.0. The molecule has 4 N–H and O–H groups in total. The topological polar surface area (TPSA) is 166 Å². The fourth-order valence-electron chi connectivity index (χ4n) is 6.23. The van der Waals surface area contributed by atoms with Crippen LogP contribution in [0.4, 0.5) is 5.69 Å². The molecule has 0 aromatic heterocycles. The lowest BCUT2D eigenvalue weighted by atomic mass is 10.0. The summed E-state index contributed by atoms with van der Waals surface area (Å²) in [7, 11) is 0. The molecule has 0 spiro atoms. The van der Waals surface area contributed by atoms with E-state index in [2.05, 4.69) is 21.3 Å². The Hall–Kier alpha value is -4.94. The number of fused-ring (bicyclic) bond motifs is 13. The van der Waals surface area contributed by atoms with Crippen LogP contribution in [0.5, 0.6) is 5.75 Å². The summed E-state index contributed by atoms with van der Waals surface area (Å²) < 4.78 is 5.67. The molecule has 2 fully saturated rings. The zero-order valence-corrected chi connectivity index (χ0v) is 27.6. The van der Waals surface area contributed by atoms with Gasteiger partial charge in [-0.3, -0.25) is 28.8 Å². The number of hydrogen-bond donors (Lipinski definition) is 4. The number of carbonyl (C=O) groups excluding carboxylic acids is 6. The molecule has 0 radical (unpaired) electrons. The predicted molar refractivity (Wildman–Crippen MR) is 177 cm³/mol. The summed E-state index contributed by atoms with van der Waals surface area (Å²) in [5.41, 5.74) is 2.37. The second kappa shape index (κ2) is 15.3. The van der Waals surface area contributed by atoms with Gasteiger partial charge in [-0.2, -0.15) is 0 Å². The minimum atomic E-state index is -0.996. The van der Waals surface area contributed by atoms with Crippen LogP contribution in [-0.2, 0) is 41.7 Å². The summed E-state index contributed by atoms with van der Waals surface area (Å²) in [6.45, 7) is 6.08. The maximum atomic E-state index is 13.6. The summed E-state index contributed by atoms with van der Waals surface area (Å²) >= 11 is 0. The van der Waals surface area contributed by atoms with E-state index in [0.717, 1.165) is 23.2 Å². The van der Waals surface area contributed by atoms with Gasteiger partial charge in [0.05, 0.1) is 0 Å². The van der Waals surface area contributed by atoms with Crippen LogP contribution in [0.25, 0.3) is 0 Å². The van der Waals surface area contributed by atoms with Gasteiger partial charge in [0.25, 0.3) is 5.91 Å². The summed E-state index contributed by atoms with van der Waals surface area (Å²) in [5.74, 6) is -2.01. The van der Waals surface area contributed by atoms with Gasteiger partial charge in [0, 0.05) is 38.2 Å². The molecule has 4 aliphatic heterocycles. The standard InChI is InChI=1S/C35H44N6O7/c1-21(2)31-35(47)41-17-4-6-28(41)34(46)37-22(3)32(44)38-27(18-23-10-14-26(15-11-23)48-20-29(42)39-31)33(45)36-19-24-8-12-25(13-9-24)40-16-5-7-30(40)43/h8-15,21-22,27-28,31H,4-7,16-20H2,1-3H3,(H,36,45)(H,37,46)(H,38,44)(H,39,42)/t22-,27-,28+,31-/m0/s1. The fraction of sp³-hybridized carbons (Fsp3) is 0.486. The lowest BCUT2D eigenvalue weighted by molar-refractivity contribution is -0.143. The Bertz CT molecular complexity index is 1530. The van der Waals surface area contributed by atoms with Crippen LogP contribution in [0.1, 0.15) is 57.6 Å². The van der Waals surface area contributed by atoms with Crippen LogP contribution in [0.15, 0.2) is 48.5 Å². The van der Waals surface area contributed by atoms with Crippen molar-refractivity contribution in [2.75, 3.05) is 24.6 Å². The fourth-order valence-corrected chi connectivity index (χ4v) is 6.23. The van der Waals surface area contributed by atoms with E-state index in [4.69, 9.17) is 4.74 Å². The zero-order chi connectivity index (χ0) is 34.4. The number of benzene rings is 2. The Labute approximate surface area is 280 Å². The number of anilines is 1. The molecule has 256 valence electrons. The Morgan fingerprint density at radius 3 is 2.31 bits per heavy atom. The smallest absolute Gasteiger partial charge is 0.258 e. The largest absolute Gasteiger partial charge is 0.484 e. The molecule has 4 aliphatic rings. The van der Waals surface area contributed by atoms with E-state index >= 15 is 0 Å². The van der Waals surface area contributed by atoms with Crippen molar-refractivity contribution in [1.82, 2.24) is 26.2 Å². The molecule has 0 saturated carbocycles. The maximum absolute atomic E-state index is 13.6. The summed E-state index contributed by atoms with van der Waals surface area (Å²) in [4.78, 5) is 81.9. The highest BCUT2D eigenvalue weighted by Crippen LogP contribution is 2.23. The van der Waals surface area contributed by atoms with Gasteiger partial charge < -0.3 is 35.8 Å². The molecule has 6 amide bonds. The van der Waals surface area contributed by atoms with E-state index in [1.807, 2.05) is 38.1 Å². The van der Waals surface area contributed by atoms with Gasteiger partial charge in [-0.25, -0.2) is 0 Å². The van der Waals surface area contributed by atoms with Gasteiger partial charge in [-0.15, -0.1) is 0 Å². The Balaban J connectivity index is 1.32. The van der Waals surface area contributed by atoms with Crippen molar-refractivity contribution < 1.29 is 33.5 Å². The molecule has 13 heteroatoms. The first-order chi connectivity index (χ1) is 23.0. The summed E-state index contributed by atoms with van der Waals surface area (Å²) in [5, 5.41) is 11.2. The number of carbonyl (C=O) groups is 6. The molecule has 13 nitrogen and oxygen atoms in total. The first kappa shape index (κ1) is 34.4. The zero-order valence-electron chi connectivity index (χ0n) is 27.6. The van der Waals surface area contributed by atoms with Gasteiger partial charge in [0.15, 0.2) is 6.61 Å². The minimum Gasteiger partial charge on any atom is -0.484 e. The van der Waals surface area contributed by atoms with Gasteiger partial charge in [-0.05, 0) is 67.5 Å². The van der Waals surface area contributed by atoms with Crippen molar-refractivity contribution in [1.29, 1.82) is 0 Å². The average molecular weight is 661 g/mol. The van der Waals surface area contributed by atoms with E-state index in [9.17, 15) is 28.8 Å². The minimum absolute atomic E-state index is 0.0951. The molecular formula is C35H44N6O7. The first-order valence-corrected chi connectivity index (χ1v) is 16.6. The number of hydrogen-bond acceptors (Lipinski definition) is 7. The first-order valence-electron chi connectivity index (χ1n) is 16.6. The molecular weight excluding hydrogens is 616 g/mol. The van der Waals surface area contributed by atoms with Crippen molar-refractivity contribution in [2.45, 2.75) is 83.6 Å². The van der Waals surface area contributed by atoms with E-state index in [0.29, 0.717) is 38.1 Å². The van der Waals surface area contributed by atoms with Crippen molar-refractivity contribution >= 4 is 41.1 Å². The van der Waals surface area contributed by atoms with Gasteiger partial charge >= 0.3 is 0 Å². The van der Waals surface area contributed by atoms with Crippen LogP contribution < -0.4 is 30.9 Å². The van der Waals surface area contributed by atoms with Crippen LogP contribution in [-0.4, -0.2) is 84.2 Å². The lowest BCUT2D eigenvalue weighted by Crippen LogP contribution is -2.58. The molecule has 2 aromatic rings. The van der Waals surface area contributed by atoms with E-state index in [1.165, 1.54) is 11.8 Å². The highest BCUT2D eigenvalue weighted by Gasteiger charge is 2.39. The molecule has 4 atom stereocenters. The monoisotopic (exact) mass is 660 g/mol. The lowest BCUT2D eigenvalue weighted by Gasteiger charge is -2.31. The number of ether oxygens (including phenoxy) is 1. The molecule has 6 rings (SSSR count). The number of rotatable bonds is 5. The van der Waals surface area contributed by atoms with Crippen molar-refractivity contribution in [3.63, 3.8) is 0 Å². The number of amides is 6. The third-order valence-electron chi connectivity index (χ3n) is 8.99. The van der Waals surface area contributed by atoms with Crippen molar-refractivity contribution in [3.05, 3.63) is 59.7 Å². The summed E-state index contributed by atoms with van der Waals surface area (Å²) in [6.07, 6.45) is 2.54. The van der Waals surface area contributed by atoms with Crippen LogP contribution in [0, 0.1) is 5.92 Å². The molecule has 4 heterocycles. The second-order valence-electron chi connectivity index (χ2n) is 12.9. The maximum Gasteiger partial charge on any atom is 0.258 e. The Morgan fingerprint density at radius 1 is 0.917 bits per heavy atom. The van der Waals surface area contributed by atoms with E-state index in [1.54, 1.807) is 29.2 Å². The highest BCUT2D eigenvalue weighted by molar-refractivity contribution is 5.96. The van der Waals surface area contributed by atoms with E-state index in [-0.39, 0.29) is 37.3 Å². The number of nitrogens with zero attached hydrogens (tertiary/aromatic N) is 2.